The highest BCUT2D eigenvalue weighted by atomic mass is 19.4. The van der Waals surface area contributed by atoms with Gasteiger partial charge in [0.15, 0.2) is 6.61 Å². The van der Waals surface area contributed by atoms with Crippen molar-refractivity contribution in [3.8, 4) is 0 Å². The van der Waals surface area contributed by atoms with Crippen molar-refractivity contribution in [2.24, 2.45) is 10.8 Å². The molecule has 0 amide bonds. The third-order valence-electron chi connectivity index (χ3n) is 3.32. The van der Waals surface area contributed by atoms with Crippen LogP contribution in [0.1, 0.15) is 41.0 Å². The summed E-state index contributed by atoms with van der Waals surface area (Å²) in [6.45, 7) is 7.08. The maximum atomic E-state index is 11.9. The Morgan fingerprint density at radius 1 is 0.950 bits per heavy atom. The van der Waals surface area contributed by atoms with Gasteiger partial charge in [-0.3, -0.25) is 9.59 Å². The fourth-order valence-electron chi connectivity index (χ4n) is 0.948. The largest absolute Gasteiger partial charge is 0.465 e. The first-order valence-corrected chi connectivity index (χ1v) is 6.17. The highest BCUT2D eigenvalue weighted by Gasteiger charge is 2.41. The van der Waals surface area contributed by atoms with Crippen molar-refractivity contribution in [1.82, 2.24) is 0 Å². The highest BCUT2D eigenvalue weighted by Crippen LogP contribution is 2.38. The highest BCUT2D eigenvalue weighted by molar-refractivity contribution is 5.77. The van der Waals surface area contributed by atoms with E-state index in [-0.39, 0.29) is 12.0 Å². The number of hydrogen-bond acceptors (Lipinski definition) is 4. The van der Waals surface area contributed by atoms with Gasteiger partial charge in [-0.05, 0) is 19.3 Å². The topological polar surface area (TPSA) is 52.6 Å². The van der Waals surface area contributed by atoms with Gasteiger partial charge in [-0.15, -0.1) is 0 Å². The fraction of sp³-hybridized carbons (Fsp3) is 0.846. The van der Waals surface area contributed by atoms with Crippen LogP contribution >= 0.6 is 0 Å². The lowest BCUT2D eigenvalue weighted by Gasteiger charge is -2.36. The molecule has 0 aliphatic rings. The van der Waals surface area contributed by atoms with E-state index in [4.69, 9.17) is 4.74 Å². The molecule has 0 radical (unpaired) electrons. The summed E-state index contributed by atoms with van der Waals surface area (Å²) >= 11 is 0. The normalized spacial score (nSPS) is 13.0. The Kier molecular flexibility index (Phi) is 6.04. The van der Waals surface area contributed by atoms with Crippen molar-refractivity contribution in [2.75, 3.05) is 13.2 Å². The second-order valence-corrected chi connectivity index (χ2v) is 6.04. The molecular formula is C13H21F3O4. The van der Waals surface area contributed by atoms with Gasteiger partial charge in [-0.2, -0.15) is 13.2 Å². The Hall–Kier alpha value is -1.27. The molecule has 0 aliphatic heterocycles. The van der Waals surface area contributed by atoms with Gasteiger partial charge in [0.2, 0.25) is 0 Å². The summed E-state index contributed by atoms with van der Waals surface area (Å²) in [6.07, 6.45) is -4.96. The number of hydrogen-bond donors (Lipinski definition) is 0. The molecule has 0 aliphatic carbocycles. The van der Waals surface area contributed by atoms with E-state index >= 15 is 0 Å². The van der Waals surface area contributed by atoms with Crippen molar-refractivity contribution in [1.29, 1.82) is 0 Å². The van der Waals surface area contributed by atoms with E-state index in [1.165, 1.54) is 0 Å². The van der Waals surface area contributed by atoms with E-state index in [2.05, 4.69) is 4.74 Å². The number of halogens is 3. The van der Waals surface area contributed by atoms with Crippen LogP contribution in [-0.2, 0) is 19.1 Å². The summed E-state index contributed by atoms with van der Waals surface area (Å²) in [5, 5.41) is 0. The molecule has 0 rings (SSSR count). The van der Waals surface area contributed by atoms with Gasteiger partial charge in [-0.25, -0.2) is 0 Å². The average Bonchev–Trinajstić information content (AvgIpc) is 2.23. The van der Waals surface area contributed by atoms with E-state index in [0.29, 0.717) is 0 Å². The Morgan fingerprint density at radius 3 is 1.85 bits per heavy atom. The summed E-state index contributed by atoms with van der Waals surface area (Å²) in [4.78, 5) is 22.9. The molecule has 118 valence electrons. The molecule has 0 aromatic carbocycles. The second-order valence-electron chi connectivity index (χ2n) is 6.04. The molecule has 0 saturated heterocycles. The molecule has 4 nitrogen and oxygen atoms in total. The molecule has 0 saturated carbocycles. The van der Waals surface area contributed by atoms with Crippen LogP contribution in [0.25, 0.3) is 0 Å². The number of rotatable bonds is 5. The van der Waals surface area contributed by atoms with Gasteiger partial charge in [0.1, 0.15) is 6.61 Å². The minimum Gasteiger partial charge on any atom is -0.465 e. The van der Waals surface area contributed by atoms with Gasteiger partial charge in [0.05, 0.1) is 11.8 Å². The van der Waals surface area contributed by atoms with Crippen LogP contribution in [0.2, 0.25) is 0 Å². The summed E-state index contributed by atoms with van der Waals surface area (Å²) in [6, 6.07) is 0. The Morgan fingerprint density at radius 2 is 1.45 bits per heavy atom. The molecule has 0 unspecified atom stereocenters. The smallest absolute Gasteiger partial charge is 0.422 e. The molecule has 0 N–H and O–H groups in total. The van der Waals surface area contributed by atoms with Crippen LogP contribution in [0.5, 0.6) is 0 Å². The molecule has 20 heavy (non-hydrogen) atoms. The number of carbonyl (C=O) groups excluding carboxylic acids is 2. The summed E-state index contributed by atoms with van der Waals surface area (Å²) in [5.74, 6) is -1.56. The maximum Gasteiger partial charge on any atom is 0.422 e. The molecule has 0 bridgehead atoms. The molecule has 0 spiro atoms. The zero-order valence-electron chi connectivity index (χ0n) is 12.4. The number of alkyl halides is 3. The number of carbonyl (C=O) groups is 2. The third-order valence-corrected chi connectivity index (χ3v) is 3.32. The Labute approximate surface area is 116 Å². The molecule has 0 aromatic heterocycles. The van der Waals surface area contributed by atoms with Gasteiger partial charge in [0, 0.05) is 0 Å². The van der Waals surface area contributed by atoms with E-state index in [9.17, 15) is 22.8 Å². The van der Waals surface area contributed by atoms with Crippen LogP contribution in [0.4, 0.5) is 13.2 Å². The quantitative estimate of drug-likeness (QED) is 0.732. The molecule has 0 fully saturated rings. The van der Waals surface area contributed by atoms with Crippen LogP contribution in [0.3, 0.4) is 0 Å². The number of esters is 2. The first-order valence-electron chi connectivity index (χ1n) is 6.17. The van der Waals surface area contributed by atoms with Crippen molar-refractivity contribution in [3.05, 3.63) is 0 Å². The minimum absolute atomic E-state index is 0.297. The summed E-state index contributed by atoms with van der Waals surface area (Å²) in [5.41, 5.74) is -1.12. The fourth-order valence-corrected chi connectivity index (χ4v) is 0.948. The van der Waals surface area contributed by atoms with E-state index in [1.54, 1.807) is 13.8 Å². The minimum atomic E-state index is -4.55. The van der Waals surface area contributed by atoms with Gasteiger partial charge in [-0.1, -0.05) is 20.8 Å². The summed E-state index contributed by atoms with van der Waals surface area (Å²) in [7, 11) is 0. The van der Waals surface area contributed by atoms with Crippen LogP contribution in [0, 0.1) is 10.8 Å². The standard InChI is InChI=1S/C13H21F3O4/c1-11(2,3)12(4,5)10(18)19-7-6-9(17)20-8-13(14,15)16/h6-8H2,1-5H3. The lowest BCUT2D eigenvalue weighted by atomic mass is 9.69. The van der Waals surface area contributed by atoms with Crippen LogP contribution in [-0.4, -0.2) is 31.3 Å². The van der Waals surface area contributed by atoms with Crippen molar-refractivity contribution < 1.29 is 32.2 Å². The molecule has 7 heteroatoms. The van der Waals surface area contributed by atoms with E-state index in [0.717, 1.165) is 0 Å². The summed E-state index contributed by atoms with van der Waals surface area (Å²) < 4.78 is 44.3. The van der Waals surface area contributed by atoms with Crippen molar-refractivity contribution in [3.63, 3.8) is 0 Å². The first kappa shape index (κ1) is 18.7. The van der Waals surface area contributed by atoms with Crippen LogP contribution < -0.4 is 0 Å². The zero-order valence-corrected chi connectivity index (χ0v) is 12.4. The van der Waals surface area contributed by atoms with Gasteiger partial charge in [0.25, 0.3) is 0 Å². The van der Waals surface area contributed by atoms with Crippen LogP contribution in [0.15, 0.2) is 0 Å². The zero-order chi connectivity index (χ0) is 16.2. The monoisotopic (exact) mass is 298 g/mol. The lowest BCUT2D eigenvalue weighted by Crippen LogP contribution is -2.39. The molecule has 0 aromatic rings. The second kappa shape index (κ2) is 6.45. The van der Waals surface area contributed by atoms with Crippen molar-refractivity contribution in [2.45, 2.75) is 47.2 Å². The van der Waals surface area contributed by atoms with Gasteiger partial charge >= 0.3 is 18.1 Å². The molecule has 0 atom stereocenters. The lowest BCUT2D eigenvalue weighted by molar-refractivity contribution is -0.187. The molecular weight excluding hydrogens is 277 g/mol. The predicted molar refractivity (Wildman–Crippen MR) is 65.8 cm³/mol. The maximum absolute atomic E-state index is 11.9. The van der Waals surface area contributed by atoms with Crippen molar-refractivity contribution >= 4 is 11.9 Å². The third kappa shape index (κ3) is 6.25. The molecule has 0 heterocycles. The Balaban J connectivity index is 4.14. The average molecular weight is 298 g/mol. The predicted octanol–water partition coefficient (Wildman–Crippen LogP) is 3.10. The Bertz CT molecular complexity index is 354. The number of ether oxygens (including phenoxy) is 2. The van der Waals surface area contributed by atoms with E-state index in [1.807, 2.05) is 20.8 Å². The SMILES string of the molecule is CC(C)(C)C(C)(C)C(=O)OCCC(=O)OCC(F)(F)F. The van der Waals surface area contributed by atoms with Gasteiger partial charge < -0.3 is 9.47 Å². The first-order chi connectivity index (χ1) is 8.77. The van der Waals surface area contributed by atoms with E-state index < -0.39 is 36.6 Å².